The first-order valence-corrected chi connectivity index (χ1v) is 6.57. The number of pyridine rings is 1. The normalized spacial score (nSPS) is 10.7. The molecule has 0 spiro atoms. The van der Waals surface area contributed by atoms with Gasteiger partial charge in [-0.3, -0.25) is 9.78 Å². The molecule has 0 bridgehead atoms. The summed E-state index contributed by atoms with van der Waals surface area (Å²) in [4.78, 5) is 16.0. The summed E-state index contributed by atoms with van der Waals surface area (Å²) in [5.74, 6) is -0.785. The van der Waals surface area contributed by atoms with Gasteiger partial charge in [-0.25, -0.2) is 4.39 Å². The largest absolute Gasteiger partial charge is 0.469 e. The van der Waals surface area contributed by atoms with E-state index in [1.165, 1.54) is 19.2 Å². The van der Waals surface area contributed by atoms with E-state index in [1.54, 1.807) is 13.0 Å². The Hall–Kier alpha value is -2.21. The number of ether oxygens (including phenoxy) is 1. The summed E-state index contributed by atoms with van der Waals surface area (Å²) < 4.78 is 18.2. The number of hydrogen-bond donors (Lipinski definition) is 2. The number of nitrogens with one attached hydrogen (secondary N) is 1. The van der Waals surface area contributed by atoms with E-state index >= 15 is 0 Å². The van der Waals surface area contributed by atoms with E-state index in [1.807, 2.05) is 0 Å². The number of anilines is 1. The van der Waals surface area contributed by atoms with E-state index in [0.29, 0.717) is 34.4 Å². The fourth-order valence-electron chi connectivity index (χ4n) is 2.21. The number of methoxy groups -OCH3 is 1. The maximum absolute atomic E-state index is 13.5. The highest BCUT2D eigenvalue weighted by molar-refractivity contribution is 5.95. The monoisotopic (exact) mass is 292 g/mol. The Morgan fingerprint density at radius 1 is 1.48 bits per heavy atom. The predicted octanol–water partition coefficient (Wildman–Crippen LogP) is 1.80. The quantitative estimate of drug-likeness (QED) is 0.822. The molecule has 0 amide bonds. The number of aromatic nitrogens is 1. The number of fused-ring (bicyclic) bond motifs is 1. The average molecular weight is 292 g/mol. The summed E-state index contributed by atoms with van der Waals surface area (Å²) in [5, 5.41) is 12.6. The van der Waals surface area contributed by atoms with Crippen molar-refractivity contribution in [1.29, 1.82) is 0 Å². The summed E-state index contributed by atoms with van der Waals surface area (Å²) in [7, 11) is 1.31. The van der Waals surface area contributed by atoms with Gasteiger partial charge < -0.3 is 15.2 Å². The van der Waals surface area contributed by atoms with Crippen molar-refractivity contribution >= 4 is 22.6 Å². The van der Waals surface area contributed by atoms with Gasteiger partial charge in [0.05, 0.1) is 25.7 Å². The molecule has 0 unspecified atom stereocenters. The van der Waals surface area contributed by atoms with Crippen LogP contribution in [0.15, 0.2) is 18.2 Å². The van der Waals surface area contributed by atoms with Crippen LogP contribution >= 0.6 is 0 Å². The Kier molecular flexibility index (Phi) is 4.70. The van der Waals surface area contributed by atoms with E-state index in [-0.39, 0.29) is 18.8 Å². The molecule has 1 aromatic heterocycles. The van der Waals surface area contributed by atoms with Crippen LogP contribution < -0.4 is 5.32 Å². The average Bonchev–Trinajstić information content (AvgIpc) is 2.47. The number of carbonyl (C=O) groups excluding carboxylic acids is 1. The second-order valence-electron chi connectivity index (χ2n) is 4.62. The number of carbonyl (C=O) groups is 1. The lowest BCUT2D eigenvalue weighted by atomic mass is 10.0. The number of aryl methyl sites for hydroxylation is 1. The molecule has 2 rings (SSSR count). The van der Waals surface area contributed by atoms with Crippen molar-refractivity contribution in [2.24, 2.45) is 0 Å². The van der Waals surface area contributed by atoms with E-state index in [0.717, 1.165) is 0 Å². The molecular weight excluding hydrogens is 275 g/mol. The number of hydrogen-bond acceptors (Lipinski definition) is 5. The zero-order chi connectivity index (χ0) is 15.4. The standard InChI is InChI=1S/C15H17FN2O3/c1-9-11(8-14(20)21-2)15(17-5-6-19)12-7-10(16)3-4-13(12)18-9/h3-4,7,19H,5-6,8H2,1-2H3,(H,17,18). The van der Waals surface area contributed by atoms with Gasteiger partial charge in [-0.05, 0) is 25.1 Å². The van der Waals surface area contributed by atoms with Crippen molar-refractivity contribution in [3.05, 3.63) is 35.3 Å². The molecule has 0 aliphatic heterocycles. The first-order chi connectivity index (χ1) is 10.1. The van der Waals surface area contributed by atoms with E-state index in [2.05, 4.69) is 15.0 Å². The van der Waals surface area contributed by atoms with Crippen LogP contribution in [0.3, 0.4) is 0 Å². The fourth-order valence-corrected chi connectivity index (χ4v) is 2.21. The zero-order valence-electron chi connectivity index (χ0n) is 11.9. The second kappa shape index (κ2) is 6.49. The van der Waals surface area contributed by atoms with Gasteiger partial charge in [-0.2, -0.15) is 0 Å². The number of aliphatic hydroxyl groups excluding tert-OH is 1. The number of halogens is 1. The Morgan fingerprint density at radius 2 is 2.24 bits per heavy atom. The topological polar surface area (TPSA) is 71.5 Å². The van der Waals surface area contributed by atoms with Crippen LogP contribution in [-0.4, -0.2) is 36.3 Å². The first kappa shape index (κ1) is 15.2. The Balaban J connectivity index is 2.62. The van der Waals surface area contributed by atoms with Gasteiger partial charge in [0.2, 0.25) is 0 Å². The Labute approximate surface area is 121 Å². The summed E-state index contributed by atoms with van der Waals surface area (Å²) in [6, 6.07) is 4.29. The van der Waals surface area contributed by atoms with Crippen LogP contribution in [0.2, 0.25) is 0 Å². The third-order valence-electron chi connectivity index (χ3n) is 3.22. The third kappa shape index (κ3) is 3.28. The number of esters is 1. The molecular formula is C15H17FN2O3. The molecule has 0 radical (unpaired) electrons. The lowest BCUT2D eigenvalue weighted by molar-refractivity contribution is -0.139. The van der Waals surface area contributed by atoms with Crippen LogP contribution in [0.5, 0.6) is 0 Å². The molecule has 5 nitrogen and oxygen atoms in total. The van der Waals surface area contributed by atoms with E-state index in [9.17, 15) is 9.18 Å². The highest BCUT2D eigenvalue weighted by Crippen LogP contribution is 2.29. The number of aliphatic hydroxyl groups is 1. The van der Waals surface area contributed by atoms with E-state index < -0.39 is 5.97 Å². The van der Waals surface area contributed by atoms with Gasteiger partial charge in [0, 0.05) is 28.9 Å². The smallest absolute Gasteiger partial charge is 0.310 e. The highest BCUT2D eigenvalue weighted by atomic mass is 19.1. The molecule has 0 fully saturated rings. The van der Waals surface area contributed by atoms with E-state index in [4.69, 9.17) is 5.11 Å². The van der Waals surface area contributed by atoms with Crippen LogP contribution in [0.25, 0.3) is 10.9 Å². The van der Waals surface area contributed by atoms with Gasteiger partial charge >= 0.3 is 5.97 Å². The maximum atomic E-state index is 13.5. The van der Waals surface area contributed by atoms with Gasteiger partial charge in [-0.15, -0.1) is 0 Å². The van der Waals surface area contributed by atoms with Crippen molar-refractivity contribution in [2.75, 3.05) is 25.6 Å². The van der Waals surface area contributed by atoms with Gasteiger partial charge in [0.25, 0.3) is 0 Å². The van der Waals surface area contributed by atoms with Crippen LogP contribution in [0.4, 0.5) is 10.1 Å². The summed E-state index contributed by atoms with van der Waals surface area (Å²) in [6.45, 7) is 2.00. The number of rotatable bonds is 5. The SMILES string of the molecule is COC(=O)Cc1c(C)nc2ccc(F)cc2c1NCCO. The summed E-state index contributed by atoms with van der Waals surface area (Å²) in [6.07, 6.45) is 0.0373. The molecule has 2 aromatic rings. The molecule has 1 heterocycles. The molecule has 0 saturated heterocycles. The third-order valence-corrected chi connectivity index (χ3v) is 3.22. The summed E-state index contributed by atoms with van der Waals surface area (Å²) in [5.41, 5.74) is 2.55. The molecule has 0 saturated carbocycles. The van der Waals surface area contributed by atoms with Crippen molar-refractivity contribution in [3.63, 3.8) is 0 Å². The van der Waals surface area contributed by atoms with Crippen LogP contribution in [0, 0.1) is 12.7 Å². The van der Waals surface area contributed by atoms with Crippen molar-refractivity contribution in [2.45, 2.75) is 13.3 Å². The summed E-state index contributed by atoms with van der Waals surface area (Å²) >= 11 is 0. The van der Waals surface area contributed by atoms with Crippen LogP contribution in [0.1, 0.15) is 11.3 Å². The maximum Gasteiger partial charge on any atom is 0.310 e. The van der Waals surface area contributed by atoms with Crippen molar-refractivity contribution in [1.82, 2.24) is 4.98 Å². The lowest BCUT2D eigenvalue weighted by Crippen LogP contribution is -2.13. The lowest BCUT2D eigenvalue weighted by Gasteiger charge is -2.16. The Morgan fingerprint density at radius 3 is 2.90 bits per heavy atom. The molecule has 21 heavy (non-hydrogen) atoms. The van der Waals surface area contributed by atoms with Gasteiger partial charge in [-0.1, -0.05) is 0 Å². The molecule has 1 aromatic carbocycles. The minimum Gasteiger partial charge on any atom is -0.469 e. The number of nitrogens with zero attached hydrogens (tertiary/aromatic N) is 1. The molecule has 112 valence electrons. The molecule has 0 atom stereocenters. The minimum atomic E-state index is -0.400. The van der Waals surface area contributed by atoms with Crippen LogP contribution in [-0.2, 0) is 16.0 Å². The number of benzene rings is 1. The second-order valence-corrected chi connectivity index (χ2v) is 4.62. The highest BCUT2D eigenvalue weighted by Gasteiger charge is 2.16. The predicted molar refractivity (Wildman–Crippen MR) is 77.7 cm³/mol. The zero-order valence-corrected chi connectivity index (χ0v) is 11.9. The molecule has 0 aliphatic carbocycles. The van der Waals surface area contributed by atoms with Crippen molar-refractivity contribution in [3.8, 4) is 0 Å². The van der Waals surface area contributed by atoms with Crippen molar-refractivity contribution < 1.29 is 19.0 Å². The molecule has 0 aliphatic rings. The minimum absolute atomic E-state index is 0.0373. The Bertz CT molecular complexity index is 674. The molecule has 2 N–H and O–H groups in total. The van der Waals surface area contributed by atoms with Gasteiger partial charge in [0.15, 0.2) is 0 Å². The van der Waals surface area contributed by atoms with Gasteiger partial charge in [0.1, 0.15) is 5.82 Å². The fraction of sp³-hybridized carbons (Fsp3) is 0.333. The first-order valence-electron chi connectivity index (χ1n) is 6.57. The molecule has 6 heteroatoms.